The molecule has 0 bridgehead atoms. The molecule has 2 aromatic rings. The lowest BCUT2D eigenvalue weighted by atomic mass is 9.95. The first kappa shape index (κ1) is 12.3. The van der Waals surface area contributed by atoms with Gasteiger partial charge in [0.05, 0.1) is 18.2 Å². The minimum absolute atomic E-state index is 0.0474. The molecule has 1 N–H and O–H groups in total. The predicted octanol–water partition coefficient (Wildman–Crippen LogP) is 3.28. The summed E-state index contributed by atoms with van der Waals surface area (Å²) in [5, 5.41) is 3.60. The first-order valence-corrected chi connectivity index (χ1v) is 6.65. The highest BCUT2D eigenvalue weighted by Crippen LogP contribution is 2.48. The number of carbonyl (C=O) groups is 1. The molecule has 0 unspecified atom stereocenters. The van der Waals surface area contributed by atoms with Crippen LogP contribution in [-0.2, 0) is 16.8 Å². The number of halogens is 1. The van der Waals surface area contributed by atoms with Gasteiger partial charge in [-0.3, -0.25) is 4.79 Å². The number of benzene rings is 1. The molecule has 3 nitrogen and oxygen atoms in total. The Hall–Kier alpha value is -1.74. The summed E-state index contributed by atoms with van der Waals surface area (Å²) in [6.07, 6.45) is 3.35. The lowest BCUT2D eigenvalue weighted by molar-refractivity contribution is -0.123. The monoisotopic (exact) mass is 275 g/mol. The Morgan fingerprint density at radius 3 is 2.79 bits per heavy atom. The van der Waals surface area contributed by atoms with Crippen molar-refractivity contribution in [3.05, 3.63) is 59.0 Å². The molecule has 1 aliphatic rings. The van der Waals surface area contributed by atoms with Gasteiger partial charge in [-0.15, -0.1) is 0 Å². The van der Waals surface area contributed by atoms with E-state index in [1.165, 1.54) is 0 Å². The van der Waals surface area contributed by atoms with Gasteiger partial charge < -0.3 is 9.73 Å². The maximum atomic E-state index is 12.3. The second kappa shape index (κ2) is 4.74. The summed E-state index contributed by atoms with van der Waals surface area (Å²) >= 11 is 5.99. The molecule has 1 aromatic carbocycles. The van der Waals surface area contributed by atoms with Crippen LogP contribution in [0.1, 0.15) is 24.2 Å². The number of carbonyl (C=O) groups excluding carboxylic acids is 1. The number of nitrogens with one attached hydrogen (secondary N) is 1. The first-order chi connectivity index (χ1) is 9.21. The van der Waals surface area contributed by atoms with Crippen molar-refractivity contribution in [2.45, 2.75) is 24.8 Å². The second-order valence-electron chi connectivity index (χ2n) is 4.85. The molecule has 1 aliphatic carbocycles. The molecule has 1 fully saturated rings. The minimum atomic E-state index is -0.391. The van der Waals surface area contributed by atoms with Crippen molar-refractivity contribution in [2.24, 2.45) is 0 Å². The van der Waals surface area contributed by atoms with E-state index in [1.807, 2.05) is 36.4 Å². The molecule has 0 saturated heterocycles. The van der Waals surface area contributed by atoms with Gasteiger partial charge >= 0.3 is 0 Å². The molecule has 98 valence electrons. The van der Waals surface area contributed by atoms with Gasteiger partial charge in [-0.05, 0) is 42.7 Å². The maximum absolute atomic E-state index is 12.3. The van der Waals surface area contributed by atoms with E-state index >= 15 is 0 Å². The van der Waals surface area contributed by atoms with Crippen molar-refractivity contribution in [3.63, 3.8) is 0 Å². The summed E-state index contributed by atoms with van der Waals surface area (Å²) in [4.78, 5) is 12.3. The fourth-order valence-corrected chi connectivity index (χ4v) is 2.50. The summed E-state index contributed by atoms with van der Waals surface area (Å²) in [5.74, 6) is 0.807. The highest BCUT2D eigenvalue weighted by atomic mass is 35.5. The molecule has 0 radical (unpaired) electrons. The van der Waals surface area contributed by atoms with Crippen LogP contribution in [0.25, 0.3) is 0 Å². The highest BCUT2D eigenvalue weighted by molar-refractivity contribution is 6.30. The van der Waals surface area contributed by atoms with Gasteiger partial charge in [-0.2, -0.15) is 0 Å². The molecule has 4 heteroatoms. The van der Waals surface area contributed by atoms with Crippen LogP contribution in [0.5, 0.6) is 0 Å². The van der Waals surface area contributed by atoms with Crippen LogP contribution < -0.4 is 5.32 Å². The number of furan rings is 1. The Labute approximate surface area is 116 Å². The van der Waals surface area contributed by atoms with Crippen LogP contribution in [0.4, 0.5) is 0 Å². The molecule has 3 rings (SSSR count). The van der Waals surface area contributed by atoms with Gasteiger partial charge in [0.15, 0.2) is 0 Å². The zero-order valence-electron chi connectivity index (χ0n) is 10.4. The van der Waals surface area contributed by atoms with Crippen molar-refractivity contribution < 1.29 is 9.21 Å². The molecule has 1 amide bonds. The van der Waals surface area contributed by atoms with E-state index in [0.29, 0.717) is 11.6 Å². The summed E-state index contributed by atoms with van der Waals surface area (Å²) < 4.78 is 5.21. The Morgan fingerprint density at radius 2 is 2.16 bits per heavy atom. The van der Waals surface area contributed by atoms with Crippen LogP contribution in [0, 0.1) is 0 Å². The van der Waals surface area contributed by atoms with Crippen LogP contribution in [0.15, 0.2) is 47.1 Å². The van der Waals surface area contributed by atoms with E-state index < -0.39 is 5.41 Å². The molecular formula is C15H14ClNO2. The Bertz CT molecular complexity index is 588. The topological polar surface area (TPSA) is 42.2 Å². The normalized spacial score (nSPS) is 16.1. The minimum Gasteiger partial charge on any atom is -0.467 e. The zero-order chi connectivity index (χ0) is 13.3. The van der Waals surface area contributed by atoms with Crippen LogP contribution in [0.2, 0.25) is 5.02 Å². The van der Waals surface area contributed by atoms with E-state index in [0.717, 1.165) is 24.2 Å². The maximum Gasteiger partial charge on any atom is 0.231 e. The van der Waals surface area contributed by atoms with E-state index in [1.54, 1.807) is 6.26 Å². The molecular weight excluding hydrogens is 262 g/mol. The molecule has 0 aliphatic heterocycles. The van der Waals surface area contributed by atoms with Crippen LogP contribution in [-0.4, -0.2) is 5.91 Å². The smallest absolute Gasteiger partial charge is 0.231 e. The Balaban J connectivity index is 1.72. The summed E-state index contributed by atoms with van der Waals surface area (Å²) in [7, 11) is 0. The second-order valence-corrected chi connectivity index (χ2v) is 5.29. The molecule has 1 saturated carbocycles. The van der Waals surface area contributed by atoms with E-state index in [2.05, 4.69) is 5.32 Å². The lowest BCUT2D eigenvalue weighted by Gasteiger charge is -2.15. The van der Waals surface area contributed by atoms with Gasteiger partial charge in [0, 0.05) is 5.02 Å². The average molecular weight is 276 g/mol. The van der Waals surface area contributed by atoms with Crippen molar-refractivity contribution >= 4 is 17.5 Å². The summed E-state index contributed by atoms with van der Waals surface area (Å²) in [6.45, 7) is 0.425. The molecule has 0 atom stereocenters. The largest absolute Gasteiger partial charge is 0.467 e. The van der Waals surface area contributed by atoms with E-state index in [4.69, 9.17) is 16.0 Å². The van der Waals surface area contributed by atoms with Gasteiger partial charge in [-0.1, -0.05) is 23.7 Å². The third-order valence-electron chi connectivity index (χ3n) is 3.57. The average Bonchev–Trinajstić information content (AvgIpc) is 3.06. The summed E-state index contributed by atoms with van der Waals surface area (Å²) in [5.41, 5.74) is 0.606. The number of amides is 1. The third kappa shape index (κ3) is 2.38. The van der Waals surface area contributed by atoms with Crippen molar-refractivity contribution in [1.29, 1.82) is 0 Å². The zero-order valence-corrected chi connectivity index (χ0v) is 11.1. The van der Waals surface area contributed by atoms with Crippen molar-refractivity contribution in [1.82, 2.24) is 5.32 Å². The molecule has 1 aromatic heterocycles. The quantitative estimate of drug-likeness (QED) is 0.930. The highest BCUT2D eigenvalue weighted by Gasteiger charge is 2.51. The third-order valence-corrected chi connectivity index (χ3v) is 3.80. The SMILES string of the molecule is O=C(NCc1ccco1)C1(c2cccc(Cl)c2)CC1. The number of rotatable bonds is 4. The lowest BCUT2D eigenvalue weighted by Crippen LogP contribution is -2.34. The van der Waals surface area contributed by atoms with Gasteiger partial charge in [0.2, 0.25) is 5.91 Å². The standard InChI is InChI=1S/C15H14ClNO2/c16-12-4-1-3-11(9-12)15(6-7-15)14(18)17-10-13-5-2-8-19-13/h1-5,8-9H,6-7,10H2,(H,17,18). The van der Waals surface area contributed by atoms with Crippen molar-refractivity contribution in [2.75, 3.05) is 0 Å². The van der Waals surface area contributed by atoms with Crippen molar-refractivity contribution in [3.8, 4) is 0 Å². The van der Waals surface area contributed by atoms with Crippen LogP contribution in [0.3, 0.4) is 0 Å². The molecule has 19 heavy (non-hydrogen) atoms. The number of hydrogen-bond acceptors (Lipinski definition) is 2. The number of hydrogen-bond donors (Lipinski definition) is 1. The fourth-order valence-electron chi connectivity index (χ4n) is 2.31. The Morgan fingerprint density at radius 1 is 1.32 bits per heavy atom. The molecule has 1 heterocycles. The first-order valence-electron chi connectivity index (χ1n) is 6.27. The molecule has 0 spiro atoms. The van der Waals surface area contributed by atoms with Gasteiger partial charge in [-0.25, -0.2) is 0 Å². The van der Waals surface area contributed by atoms with E-state index in [9.17, 15) is 4.79 Å². The van der Waals surface area contributed by atoms with Gasteiger partial charge in [0.25, 0.3) is 0 Å². The van der Waals surface area contributed by atoms with E-state index in [-0.39, 0.29) is 5.91 Å². The Kier molecular flexibility index (Phi) is 3.07. The van der Waals surface area contributed by atoms with Gasteiger partial charge in [0.1, 0.15) is 5.76 Å². The fraction of sp³-hybridized carbons (Fsp3) is 0.267. The van der Waals surface area contributed by atoms with Crippen LogP contribution >= 0.6 is 11.6 Å². The summed E-state index contributed by atoms with van der Waals surface area (Å²) in [6, 6.07) is 11.2. The predicted molar refractivity (Wildman–Crippen MR) is 72.9 cm³/mol.